The summed E-state index contributed by atoms with van der Waals surface area (Å²) in [7, 11) is 0. The number of carbonyl (C=O) groups excluding carboxylic acids is 3. The average molecular weight is 302 g/mol. The lowest BCUT2D eigenvalue weighted by Crippen LogP contribution is -2.33. The highest BCUT2D eigenvalue weighted by atomic mass is 16.2. The SMILES string of the molecule is O=C(CC1NC(=O)NC1=O)Nc1ccc(N2CCCC2)cc1. The van der Waals surface area contributed by atoms with Crippen LogP contribution >= 0.6 is 0 Å². The van der Waals surface area contributed by atoms with Crippen LogP contribution in [-0.2, 0) is 9.59 Å². The Balaban J connectivity index is 1.55. The maximum Gasteiger partial charge on any atom is 0.322 e. The van der Waals surface area contributed by atoms with Crippen molar-refractivity contribution < 1.29 is 14.4 Å². The Morgan fingerprint density at radius 2 is 1.86 bits per heavy atom. The van der Waals surface area contributed by atoms with Crippen molar-refractivity contribution in [3.05, 3.63) is 24.3 Å². The van der Waals surface area contributed by atoms with Crippen molar-refractivity contribution in [2.45, 2.75) is 25.3 Å². The van der Waals surface area contributed by atoms with E-state index in [0.29, 0.717) is 5.69 Å². The van der Waals surface area contributed by atoms with E-state index >= 15 is 0 Å². The fourth-order valence-corrected chi connectivity index (χ4v) is 2.73. The molecule has 0 spiro atoms. The molecule has 2 saturated heterocycles. The minimum Gasteiger partial charge on any atom is -0.372 e. The Bertz CT molecular complexity index is 593. The molecule has 7 nitrogen and oxygen atoms in total. The molecule has 2 heterocycles. The second-order valence-electron chi connectivity index (χ2n) is 5.51. The zero-order valence-corrected chi connectivity index (χ0v) is 12.1. The highest BCUT2D eigenvalue weighted by Crippen LogP contribution is 2.22. The van der Waals surface area contributed by atoms with Crippen LogP contribution < -0.4 is 20.9 Å². The van der Waals surface area contributed by atoms with Gasteiger partial charge in [-0.25, -0.2) is 4.79 Å². The molecule has 1 aromatic carbocycles. The summed E-state index contributed by atoms with van der Waals surface area (Å²) in [5, 5.41) is 7.23. The van der Waals surface area contributed by atoms with E-state index < -0.39 is 18.0 Å². The molecular formula is C15H18N4O3. The van der Waals surface area contributed by atoms with Gasteiger partial charge in [-0.3, -0.25) is 14.9 Å². The van der Waals surface area contributed by atoms with Crippen molar-refractivity contribution in [2.75, 3.05) is 23.3 Å². The predicted molar refractivity (Wildman–Crippen MR) is 81.6 cm³/mol. The summed E-state index contributed by atoms with van der Waals surface area (Å²) in [6, 6.07) is 6.29. The number of amides is 4. The van der Waals surface area contributed by atoms with Gasteiger partial charge in [-0.2, -0.15) is 0 Å². The van der Waals surface area contributed by atoms with Crippen molar-refractivity contribution in [1.82, 2.24) is 10.6 Å². The fourth-order valence-electron chi connectivity index (χ4n) is 2.73. The van der Waals surface area contributed by atoms with Crippen molar-refractivity contribution >= 4 is 29.2 Å². The van der Waals surface area contributed by atoms with Gasteiger partial charge < -0.3 is 15.5 Å². The molecule has 2 fully saturated rings. The topological polar surface area (TPSA) is 90.5 Å². The summed E-state index contributed by atoms with van der Waals surface area (Å²) in [5.74, 6) is -0.777. The molecule has 7 heteroatoms. The van der Waals surface area contributed by atoms with Gasteiger partial charge in [0.2, 0.25) is 5.91 Å². The fraction of sp³-hybridized carbons (Fsp3) is 0.400. The Hall–Kier alpha value is -2.57. The number of imide groups is 1. The number of rotatable bonds is 4. The third kappa shape index (κ3) is 3.19. The maximum absolute atomic E-state index is 11.9. The number of hydrogen-bond donors (Lipinski definition) is 3. The van der Waals surface area contributed by atoms with E-state index in [0.717, 1.165) is 18.8 Å². The van der Waals surface area contributed by atoms with Gasteiger partial charge in [0.1, 0.15) is 6.04 Å². The zero-order chi connectivity index (χ0) is 15.5. The third-order valence-electron chi connectivity index (χ3n) is 3.87. The first-order valence-corrected chi connectivity index (χ1v) is 7.38. The highest BCUT2D eigenvalue weighted by molar-refractivity contribution is 6.06. The summed E-state index contributed by atoms with van der Waals surface area (Å²) >= 11 is 0. The maximum atomic E-state index is 11.9. The number of urea groups is 1. The molecule has 4 amide bonds. The monoisotopic (exact) mass is 302 g/mol. The number of benzene rings is 1. The van der Waals surface area contributed by atoms with Crippen LogP contribution in [0.1, 0.15) is 19.3 Å². The third-order valence-corrected chi connectivity index (χ3v) is 3.87. The number of nitrogens with one attached hydrogen (secondary N) is 3. The molecule has 0 bridgehead atoms. The van der Waals surface area contributed by atoms with Gasteiger partial charge in [-0.1, -0.05) is 0 Å². The van der Waals surface area contributed by atoms with Crippen molar-refractivity contribution in [3.8, 4) is 0 Å². The van der Waals surface area contributed by atoms with Gasteiger partial charge in [-0.15, -0.1) is 0 Å². The van der Waals surface area contributed by atoms with Crippen LogP contribution in [0.15, 0.2) is 24.3 Å². The molecule has 2 aliphatic rings. The molecule has 116 valence electrons. The lowest BCUT2D eigenvalue weighted by atomic mass is 10.2. The molecule has 0 aromatic heterocycles. The molecular weight excluding hydrogens is 284 g/mol. The Morgan fingerprint density at radius 3 is 2.45 bits per heavy atom. The summed E-state index contributed by atoms with van der Waals surface area (Å²) in [4.78, 5) is 36.6. The molecule has 0 saturated carbocycles. The first-order valence-electron chi connectivity index (χ1n) is 7.38. The number of hydrogen-bond acceptors (Lipinski definition) is 4. The van der Waals surface area contributed by atoms with Crippen LogP contribution in [0.2, 0.25) is 0 Å². The van der Waals surface area contributed by atoms with Crippen LogP contribution in [-0.4, -0.2) is 37.0 Å². The summed E-state index contributed by atoms with van der Waals surface area (Å²) in [6.45, 7) is 2.14. The molecule has 0 radical (unpaired) electrons. The molecule has 22 heavy (non-hydrogen) atoms. The normalized spacial score (nSPS) is 20.7. The van der Waals surface area contributed by atoms with Gasteiger partial charge in [0.05, 0.1) is 6.42 Å². The molecule has 1 unspecified atom stereocenters. The summed E-state index contributed by atoms with van der Waals surface area (Å²) in [6.07, 6.45) is 2.35. The number of anilines is 2. The zero-order valence-electron chi connectivity index (χ0n) is 12.1. The van der Waals surface area contributed by atoms with Crippen LogP contribution in [0.5, 0.6) is 0 Å². The van der Waals surface area contributed by atoms with Crippen molar-refractivity contribution in [1.29, 1.82) is 0 Å². The Labute approximate surface area is 128 Å². The molecule has 1 atom stereocenters. The molecule has 2 aliphatic heterocycles. The van der Waals surface area contributed by atoms with Gasteiger partial charge in [0.15, 0.2) is 0 Å². The first kappa shape index (κ1) is 14.4. The quantitative estimate of drug-likeness (QED) is 0.718. The van der Waals surface area contributed by atoms with E-state index in [9.17, 15) is 14.4 Å². The Kier molecular flexibility index (Phi) is 3.95. The summed E-state index contributed by atoms with van der Waals surface area (Å²) in [5.41, 5.74) is 1.83. The minimum absolute atomic E-state index is 0.0779. The standard InChI is InChI=1S/C15H18N4O3/c20-13(9-12-14(21)18-15(22)17-12)16-10-3-5-11(6-4-10)19-7-1-2-8-19/h3-6,12H,1-2,7-9H2,(H,16,20)(H2,17,18,21,22). The average Bonchev–Trinajstić information content (AvgIpc) is 3.10. The first-order chi connectivity index (χ1) is 10.6. The van der Waals surface area contributed by atoms with E-state index in [1.54, 1.807) is 0 Å². The number of carbonyl (C=O) groups is 3. The van der Waals surface area contributed by atoms with Crippen molar-refractivity contribution in [3.63, 3.8) is 0 Å². The van der Waals surface area contributed by atoms with Crippen LogP contribution in [0.3, 0.4) is 0 Å². The van der Waals surface area contributed by atoms with E-state index in [4.69, 9.17) is 0 Å². The predicted octanol–water partition coefficient (Wildman–Crippen LogP) is 0.823. The van der Waals surface area contributed by atoms with Gasteiger partial charge in [0.25, 0.3) is 5.91 Å². The van der Waals surface area contributed by atoms with E-state index in [2.05, 4.69) is 20.9 Å². The second-order valence-corrected chi connectivity index (χ2v) is 5.51. The number of nitrogens with zero attached hydrogens (tertiary/aromatic N) is 1. The van der Waals surface area contributed by atoms with Crippen LogP contribution in [0, 0.1) is 0 Å². The largest absolute Gasteiger partial charge is 0.372 e. The Morgan fingerprint density at radius 1 is 1.18 bits per heavy atom. The molecule has 0 aliphatic carbocycles. The minimum atomic E-state index is -0.795. The van der Waals surface area contributed by atoms with Gasteiger partial charge >= 0.3 is 6.03 Å². The van der Waals surface area contributed by atoms with Crippen molar-refractivity contribution in [2.24, 2.45) is 0 Å². The lowest BCUT2D eigenvalue weighted by Gasteiger charge is -2.17. The van der Waals surface area contributed by atoms with E-state index in [1.807, 2.05) is 24.3 Å². The summed E-state index contributed by atoms with van der Waals surface area (Å²) < 4.78 is 0. The molecule has 3 N–H and O–H groups in total. The highest BCUT2D eigenvalue weighted by Gasteiger charge is 2.31. The van der Waals surface area contributed by atoms with Gasteiger partial charge in [0, 0.05) is 24.5 Å². The van der Waals surface area contributed by atoms with E-state index in [1.165, 1.54) is 12.8 Å². The van der Waals surface area contributed by atoms with Crippen LogP contribution in [0.4, 0.5) is 16.2 Å². The lowest BCUT2D eigenvalue weighted by molar-refractivity contribution is -0.124. The van der Waals surface area contributed by atoms with Gasteiger partial charge in [-0.05, 0) is 37.1 Å². The van der Waals surface area contributed by atoms with E-state index in [-0.39, 0.29) is 12.3 Å². The molecule has 1 aromatic rings. The second kappa shape index (κ2) is 6.05. The smallest absolute Gasteiger partial charge is 0.322 e. The van der Waals surface area contributed by atoms with Crippen LogP contribution in [0.25, 0.3) is 0 Å². The molecule has 3 rings (SSSR count).